The molecule has 0 aliphatic rings. The number of hydrogen-bond acceptors (Lipinski definition) is 3. The van der Waals surface area contributed by atoms with E-state index in [2.05, 4.69) is 31.0 Å². The number of benzene rings is 2. The van der Waals surface area contributed by atoms with Crippen LogP contribution in [0.1, 0.15) is 40.7 Å². The number of para-hydroxylation sites is 1. The molecule has 0 spiro atoms. The van der Waals surface area contributed by atoms with Crippen LogP contribution in [-0.4, -0.2) is 10.8 Å². The van der Waals surface area contributed by atoms with Crippen molar-refractivity contribution < 1.29 is 4.79 Å². The zero-order valence-corrected chi connectivity index (χ0v) is 13.4. The third-order valence-corrected chi connectivity index (χ3v) is 4.59. The molecule has 3 heteroatoms. The number of carbonyl (C=O) groups excluding carboxylic acids is 1. The predicted octanol–water partition coefficient (Wildman–Crippen LogP) is 5.32. The van der Waals surface area contributed by atoms with E-state index in [1.54, 1.807) is 6.08 Å². The number of allylic oxidation sites excluding steroid dienone is 1. The van der Waals surface area contributed by atoms with Crippen molar-refractivity contribution in [2.75, 3.05) is 0 Å². The highest BCUT2D eigenvalue weighted by Gasteiger charge is 2.08. The van der Waals surface area contributed by atoms with Crippen LogP contribution in [0.15, 0.2) is 54.6 Å². The molecule has 0 radical (unpaired) electrons. The zero-order valence-electron chi connectivity index (χ0n) is 12.6. The minimum absolute atomic E-state index is 0.0471. The molecule has 3 aromatic rings. The Morgan fingerprint density at radius 2 is 1.82 bits per heavy atom. The Morgan fingerprint density at radius 3 is 2.50 bits per heavy atom. The first-order valence-electron chi connectivity index (χ1n) is 7.31. The average Bonchev–Trinajstić information content (AvgIpc) is 2.97. The number of ketones is 1. The monoisotopic (exact) mass is 307 g/mol. The fraction of sp³-hybridized carbons (Fsp3) is 0.158. The first-order chi connectivity index (χ1) is 10.6. The van der Waals surface area contributed by atoms with Gasteiger partial charge in [-0.3, -0.25) is 4.79 Å². The van der Waals surface area contributed by atoms with Gasteiger partial charge in [0.25, 0.3) is 0 Å². The quantitative estimate of drug-likeness (QED) is 0.482. The molecule has 3 rings (SSSR count). The summed E-state index contributed by atoms with van der Waals surface area (Å²) in [6, 6.07) is 16.1. The van der Waals surface area contributed by atoms with Crippen molar-refractivity contribution in [2.24, 2.45) is 0 Å². The molecule has 110 valence electrons. The highest BCUT2D eigenvalue weighted by atomic mass is 32.1. The minimum Gasteiger partial charge on any atom is -0.287 e. The van der Waals surface area contributed by atoms with Gasteiger partial charge in [-0.05, 0) is 35.3 Å². The molecule has 2 aromatic carbocycles. The van der Waals surface area contributed by atoms with Gasteiger partial charge in [-0.2, -0.15) is 0 Å². The van der Waals surface area contributed by atoms with E-state index < -0.39 is 0 Å². The van der Waals surface area contributed by atoms with Gasteiger partial charge in [-0.15, -0.1) is 11.3 Å². The number of thiazole rings is 1. The minimum atomic E-state index is -0.0471. The summed E-state index contributed by atoms with van der Waals surface area (Å²) in [7, 11) is 0. The van der Waals surface area contributed by atoms with E-state index in [0.29, 0.717) is 10.9 Å². The molecule has 0 unspecified atom stereocenters. The van der Waals surface area contributed by atoms with Gasteiger partial charge in [0.05, 0.1) is 10.2 Å². The Balaban J connectivity index is 1.78. The molecule has 2 nitrogen and oxygen atoms in total. The van der Waals surface area contributed by atoms with Gasteiger partial charge in [0.15, 0.2) is 5.01 Å². The van der Waals surface area contributed by atoms with Gasteiger partial charge in [-0.1, -0.05) is 56.3 Å². The van der Waals surface area contributed by atoms with Crippen molar-refractivity contribution in [3.05, 3.63) is 70.7 Å². The lowest BCUT2D eigenvalue weighted by Gasteiger charge is -2.04. The topological polar surface area (TPSA) is 30.0 Å². The largest absolute Gasteiger partial charge is 0.287 e. The molecule has 1 aromatic heterocycles. The van der Waals surface area contributed by atoms with E-state index in [4.69, 9.17) is 0 Å². The Bertz CT molecular complexity index is 795. The summed E-state index contributed by atoms with van der Waals surface area (Å²) < 4.78 is 1.04. The number of nitrogens with zero attached hydrogens (tertiary/aromatic N) is 1. The van der Waals surface area contributed by atoms with Crippen LogP contribution in [-0.2, 0) is 0 Å². The molecule has 0 aliphatic heterocycles. The van der Waals surface area contributed by atoms with Crippen LogP contribution in [0, 0.1) is 0 Å². The fourth-order valence-electron chi connectivity index (χ4n) is 2.21. The zero-order chi connectivity index (χ0) is 15.5. The molecule has 0 bridgehead atoms. The summed E-state index contributed by atoms with van der Waals surface area (Å²) in [5.74, 6) is 0.469. The first kappa shape index (κ1) is 14.7. The molecule has 0 fully saturated rings. The van der Waals surface area contributed by atoms with Gasteiger partial charge < -0.3 is 0 Å². The van der Waals surface area contributed by atoms with Gasteiger partial charge in [0, 0.05) is 0 Å². The number of hydrogen-bond donors (Lipinski definition) is 0. The standard InChI is InChI=1S/C19H17NOS/c1-13(2)15-10-7-14(8-11-15)9-12-17(21)19-20-16-5-3-4-6-18(16)22-19/h3-13H,1-2H3. The molecular formula is C19H17NOS. The van der Waals surface area contributed by atoms with Crippen LogP contribution >= 0.6 is 11.3 Å². The summed E-state index contributed by atoms with van der Waals surface area (Å²) >= 11 is 1.43. The normalized spacial score (nSPS) is 11.6. The van der Waals surface area contributed by atoms with Crippen LogP contribution in [0.5, 0.6) is 0 Å². The molecule has 0 atom stereocenters. The van der Waals surface area contributed by atoms with Crippen LogP contribution in [0.3, 0.4) is 0 Å². The molecule has 0 N–H and O–H groups in total. The fourth-order valence-corrected chi connectivity index (χ4v) is 3.10. The first-order valence-corrected chi connectivity index (χ1v) is 8.13. The number of fused-ring (bicyclic) bond motifs is 1. The van der Waals surface area contributed by atoms with Crippen LogP contribution in [0.25, 0.3) is 16.3 Å². The van der Waals surface area contributed by atoms with Crippen molar-refractivity contribution in [3.63, 3.8) is 0 Å². The van der Waals surface area contributed by atoms with E-state index in [1.807, 2.05) is 42.5 Å². The van der Waals surface area contributed by atoms with Crippen molar-refractivity contribution in [3.8, 4) is 0 Å². The lowest BCUT2D eigenvalue weighted by molar-refractivity contribution is 0.104. The van der Waals surface area contributed by atoms with Gasteiger partial charge in [-0.25, -0.2) is 4.98 Å². The molecule has 22 heavy (non-hydrogen) atoms. The third-order valence-electron chi connectivity index (χ3n) is 3.53. The summed E-state index contributed by atoms with van der Waals surface area (Å²) in [4.78, 5) is 16.6. The van der Waals surface area contributed by atoms with Crippen molar-refractivity contribution in [2.45, 2.75) is 19.8 Å². The van der Waals surface area contributed by atoms with Gasteiger partial charge >= 0.3 is 0 Å². The maximum Gasteiger partial charge on any atom is 0.214 e. The second kappa shape index (κ2) is 6.24. The number of aromatic nitrogens is 1. The predicted molar refractivity (Wildman–Crippen MR) is 93.5 cm³/mol. The van der Waals surface area contributed by atoms with Gasteiger partial charge in [0.2, 0.25) is 5.78 Å². The van der Waals surface area contributed by atoms with Crippen molar-refractivity contribution in [1.29, 1.82) is 0 Å². The molecule has 1 heterocycles. The number of carbonyl (C=O) groups is 1. The van der Waals surface area contributed by atoms with E-state index >= 15 is 0 Å². The van der Waals surface area contributed by atoms with Crippen LogP contribution in [0.2, 0.25) is 0 Å². The second-order valence-electron chi connectivity index (χ2n) is 5.51. The van der Waals surface area contributed by atoms with E-state index in [1.165, 1.54) is 16.9 Å². The maximum absolute atomic E-state index is 12.2. The average molecular weight is 307 g/mol. The van der Waals surface area contributed by atoms with E-state index in [9.17, 15) is 4.79 Å². The Kier molecular flexibility index (Phi) is 4.16. The Morgan fingerprint density at radius 1 is 1.09 bits per heavy atom. The highest BCUT2D eigenvalue weighted by Crippen LogP contribution is 2.22. The number of rotatable bonds is 4. The van der Waals surface area contributed by atoms with Crippen LogP contribution < -0.4 is 0 Å². The van der Waals surface area contributed by atoms with Crippen LogP contribution in [0.4, 0.5) is 0 Å². The molecule has 0 amide bonds. The van der Waals surface area contributed by atoms with Gasteiger partial charge in [0.1, 0.15) is 0 Å². The summed E-state index contributed by atoms with van der Waals surface area (Å²) in [5.41, 5.74) is 3.21. The Hall–Kier alpha value is -2.26. The molecule has 0 saturated heterocycles. The summed E-state index contributed by atoms with van der Waals surface area (Å²) in [6.45, 7) is 4.34. The maximum atomic E-state index is 12.2. The van der Waals surface area contributed by atoms with E-state index in [-0.39, 0.29) is 5.78 Å². The Labute approximate surface area is 134 Å². The molecule has 0 aliphatic carbocycles. The third kappa shape index (κ3) is 3.15. The molecule has 0 saturated carbocycles. The smallest absolute Gasteiger partial charge is 0.214 e. The second-order valence-corrected chi connectivity index (χ2v) is 6.54. The van der Waals surface area contributed by atoms with Crippen molar-refractivity contribution >= 4 is 33.4 Å². The summed E-state index contributed by atoms with van der Waals surface area (Å²) in [6.07, 6.45) is 3.45. The lowest BCUT2D eigenvalue weighted by Crippen LogP contribution is -1.92. The molecular weight excluding hydrogens is 290 g/mol. The highest BCUT2D eigenvalue weighted by molar-refractivity contribution is 7.20. The van der Waals surface area contributed by atoms with Crippen molar-refractivity contribution in [1.82, 2.24) is 4.98 Å². The lowest BCUT2D eigenvalue weighted by atomic mass is 10.0. The summed E-state index contributed by atoms with van der Waals surface area (Å²) in [5, 5.41) is 0.538. The van der Waals surface area contributed by atoms with E-state index in [0.717, 1.165) is 15.8 Å². The SMILES string of the molecule is CC(C)c1ccc(C=CC(=O)c2nc3ccccc3s2)cc1.